The third-order valence-electron chi connectivity index (χ3n) is 4.98. The molecule has 1 aliphatic heterocycles. The topological polar surface area (TPSA) is 82.1 Å². The van der Waals surface area contributed by atoms with Gasteiger partial charge in [-0.3, -0.25) is 14.5 Å². The van der Waals surface area contributed by atoms with Crippen LogP contribution in [0.15, 0.2) is 42.5 Å². The Hall–Kier alpha value is -3.61. The van der Waals surface area contributed by atoms with E-state index in [0.29, 0.717) is 46.6 Å². The number of methoxy groups -OCH3 is 2. The number of imide groups is 1. The number of ether oxygens (including phenoxy) is 3. The van der Waals surface area contributed by atoms with Crippen molar-refractivity contribution in [3.05, 3.63) is 64.7 Å². The van der Waals surface area contributed by atoms with E-state index in [-0.39, 0.29) is 25.0 Å². The van der Waals surface area contributed by atoms with Crippen molar-refractivity contribution in [2.24, 2.45) is 0 Å². The molecule has 0 aromatic heterocycles. The number of benzene rings is 2. The summed E-state index contributed by atoms with van der Waals surface area (Å²) in [5, 5.41) is 0. The van der Waals surface area contributed by atoms with E-state index in [0.717, 1.165) is 0 Å². The van der Waals surface area contributed by atoms with Crippen molar-refractivity contribution in [1.82, 2.24) is 4.90 Å². The van der Waals surface area contributed by atoms with Crippen molar-refractivity contribution in [3.8, 4) is 11.5 Å². The average molecular weight is 423 g/mol. The first kappa shape index (κ1) is 22.1. The predicted octanol–water partition coefficient (Wildman–Crippen LogP) is 3.97. The van der Waals surface area contributed by atoms with Gasteiger partial charge >= 0.3 is 5.97 Å². The Bertz CT molecular complexity index is 992. The van der Waals surface area contributed by atoms with Crippen LogP contribution >= 0.6 is 0 Å². The largest absolute Gasteiger partial charge is 0.493 e. The maximum atomic E-state index is 12.5. The maximum absolute atomic E-state index is 12.5. The zero-order valence-corrected chi connectivity index (χ0v) is 17.8. The lowest BCUT2D eigenvalue weighted by molar-refractivity contribution is 0.0485. The molecule has 2 amide bonds. The maximum Gasteiger partial charge on any atom is 0.338 e. The molecule has 2 aromatic rings. The molecule has 2 aromatic carbocycles. The van der Waals surface area contributed by atoms with Crippen molar-refractivity contribution in [3.63, 3.8) is 0 Å². The van der Waals surface area contributed by atoms with E-state index in [4.69, 9.17) is 14.2 Å². The van der Waals surface area contributed by atoms with E-state index in [9.17, 15) is 14.4 Å². The summed E-state index contributed by atoms with van der Waals surface area (Å²) < 4.78 is 16.1. The molecule has 3 rings (SSSR count). The minimum absolute atomic E-state index is 0.176. The van der Waals surface area contributed by atoms with E-state index in [1.807, 2.05) is 19.1 Å². The molecule has 31 heavy (non-hydrogen) atoms. The van der Waals surface area contributed by atoms with Crippen LogP contribution in [0.3, 0.4) is 0 Å². The SMILES string of the molecule is C/C=C/c1cc(C(=O)OCCCCN2C(=O)c3ccccc3C2=O)cc(OC)c1OC. The summed E-state index contributed by atoms with van der Waals surface area (Å²) in [5.74, 6) is -0.0555. The van der Waals surface area contributed by atoms with Crippen molar-refractivity contribution in [2.45, 2.75) is 19.8 Å². The van der Waals surface area contributed by atoms with E-state index >= 15 is 0 Å². The molecular formula is C24H25NO6. The molecule has 0 atom stereocenters. The highest BCUT2D eigenvalue weighted by atomic mass is 16.5. The minimum Gasteiger partial charge on any atom is -0.493 e. The quantitative estimate of drug-likeness (QED) is 0.345. The van der Waals surface area contributed by atoms with E-state index in [2.05, 4.69) is 0 Å². The lowest BCUT2D eigenvalue weighted by Gasteiger charge is -2.14. The van der Waals surface area contributed by atoms with Gasteiger partial charge in [0, 0.05) is 12.1 Å². The summed E-state index contributed by atoms with van der Waals surface area (Å²) in [7, 11) is 3.04. The van der Waals surface area contributed by atoms with E-state index in [1.165, 1.54) is 19.1 Å². The number of esters is 1. The van der Waals surface area contributed by atoms with Crippen LogP contribution in [0.4, 0.5) is 0 Å². The van der Waals surface area contributed by atoms with Crippen molar-refractivity contribution < 1.29 is 28.6 Å². The average Bonchev–Trinajstić information content (AvgIpc) is 3.03. The summed E-state index contributed by atoms with van der Waals surface area (Å²) in [6.45, 7) is 2.33. The van der Waals surface area contributed by atoms with E-state index < -0.39 is 5.97 Å². The Morgan fingerprint density at radius 1 is 1.00 bits per heavy atom. The first-order chi connectivity index (χ1) is 15.0. The van der Waals surface area contributed by atoms with Crippen LogP contribution in [-0.4, -0.2) is 50.1 Å². The third kappa shape index (κ3) is 4.60. The molecule has 0 bridgehead atoms. The van der Waals surface area contributed by atoms with Gasteiger partial charge in [0.1, 0.15) is 0 Å². The Labute approximate surface area is 181 Å². The highest BCUT2D eigenvalue weighted by molar-refractivity contribution is 6.21. The number of unbranched alkanes of at least 4 members (excludes halogenated alkanes) is 1. The molecule has 0 saturated carbocycles. The fourth-order valence-electron chi connectivity index (χ4n) is 3.48. The Kier molecular flexibility index (Phi) is 7.07. The molecule has 162 valence electrons. The predicted molar refractivity (Wildman–Crippen MR) is 116 cm³/mol. The Balaban J connectivity index is 1.54. The summed E-state index contributed by atoms with van der Waals surface area (Å²) in [6.07, 6.45) is 4.72. The molecule has 0 N–H and O–H groups in total. The summed E-state index contributed by atoms with van der Waals surface area (Å²) >= 11 is 0. The molecule has 0 saturated heterocycles. The van der Waals surface area contributed by atoms with Gasteiger partial charge in [0.2, 0.25) is 0 Å². The number of fused-ring (bicyclic) bond motifs is 1. The summed E-state index contributed by atoms with van der Waals surface area (Å²) in [6, 6.07) is 10.0. The van der Waals surface area contributed by atoms with Crippen molar-refractivity contribution >= 4 is 23.9 Å². The minimum atomic E-state index is -0.479. The molecular weight excluding hydrogens is 398 g/mol. The monoisotopic (exact) mass is 423 g/mol. The first-order valence-electron chi connectivity index (χ1n) is 10.0. The van der Waals surface area contributed by atoms with Gasteiger partial charge in [0.25, 0.3) is 11.8 Å². The van der Waals surface area contributed by atoms with Crippen LogP contribution in [0.2, 0.25) is 0 Å². The molecule has 7 heteroatoms. The number of carbonyl (C=O) groups is 3. The van der Waals surface area contributed by atoms with Gasteiger partial charge in [-0.05, 0) is 44.0 Å². The zero-order valence-electron chi connectivity index (χ0n) is 17.8. The lowest BCUT2D eigenvalue weighted by Crippen LogP contribution is -2.30. The number of carbonyl (C=O) groups excluding carboxylic acids is 3. The van der Waals surface area contributed by atoms with Crippen LogP contribution in [-0.2, 0) is 4.74 Å². The molecule has 0 spiro atoms. The second-order valence-electron chi connectivity index (χ2n) is 6.95. The van der Waals surface area contributed by atoms with Crippen LogP contribution in [0.1, 0.15) is 56.4 Å². The fraction of sp³-hybridized carbons (Fsp3) is 0.292. The van der Waals surface area contributed by atoms with Gasteiger partial charge in [0.15, 0.2) is 11.5 Å². The molecule has 1 heterocycles. The second-order valence-corrected chi connectivity index (χ2v) is 6.95. The molecule has 0 aliphatic carbocycles. The first-order valence-corrected chi connectivity index (χ1v) is 10.0. The fourth-order valence-corrected chi connectivity index (χ4v) is 3.48. The molecule has 7 nitrogen and oxygen atoms in total. The third-order valence-corrected chi connectivity index (χ3v) is 4.98. The summed E-state index contributed by atoms with van der Waals surface area (Å²) in [4.78, 5) is 38.4. The number of nitrogens with zero attached hydrogens (tertiary/aromatic N) is 1. The van der Waals surface area contributed by atoms with Crippen LogP contribution in [0.25, 0.3) is 6.08 Å². The number of rotatable bonds is 9. The van der Waals surface area contributed by atoms with Gasteiger partial charge < -0.3 is 14.2 Å². The van der Waals surface area contributed by atoms with Gasteiger partial charge in [-0.1, -0.05) is 24.3 Å². The van der Waals surface area contributed by atoms with Gasteiger partial charge in [-0.2, -0.15) is 0 Å². The standard InChI is InChI=1S/C24H25NO6/c1-4-9-16-14-17(15-20(29-2)21(16)30-3)24(28)31-13-8-7-12-25-22(26)18-10-5-6-11-19(18)23(25)27/h4-6,9-11,14-15H,7-8,12-13H2,1-3H3/b9-4+. The Morgan fingerprint density at radius 2 is 1.68 bits per heavy atom. The Morgan fingerprint density at radius 3 is 2.26 bits per heavy atom. The lowest BCUT2D eigenvalue weighted by atomic mass is 10.1. The van der Waals surface area contributed by atoms with E-state index in [1.54, 1.807) is 36.4 Å². The molecule has 0 radical (unpaired) electrons. The summed E-state index contributed by atoms with van der Waals surface area (Å²) in [5.41, 5.74) is 1.93. The molecule has 0 unspecified atom stereocenters. The van der Waals surface area contributed by atoms with Crippen LogP contribution in [0, 0.1) is 0 Å². The van der Waals surface area contributed by atoms with Gasteiger partial charge in [0.05, 0.1) is 37.5 Å². The highest BCUT2D eigenvalue weighted by Crippen LogP contribution is 2.33. The second kappa shape index (κ2) is 9.93. The molecule has 1 aliphatic rings. The van der Waals surface area contributed by atoms with Crippen molar-refractivity contribution in [1.29, 1.82) is 0 Å². The van der Waals surface area contributed by atoms with Crippen LogP contribution < -0.4 is 9.47 Å². The molecule has 0 fully saturated rings. The number of hydrogen-bond donors (Lipinski definition) is 0. The highest BCUT2D eigenvalue weighted by Gasteiger charge is 2.34. The number of hydrogen-bond acceptors (Lipinski definition) is 6. The zero-order chi connectivity index (χ0) is 22.4. The van der Waals surface area contributed by atoms with Gasteiger partial charge in [-0.15, -0.1) is 0 Å². The smallest absolute Gasteiger partial charge is 0.338 e. The number of allylic oxidation sites excluding steroid dienone is 1. The van der Waals surface area contributed by atoms with Crippen LogP contribution in [0.5, 0.6) is 11.5 Å². The number of amides is 2. The van der Waals surface area contributed by atoms with Crippen molar-refractivity contribution in [2.75, 3.05) is 27.4 Å². The van der Waals surface area contributed by atoms with Gasteiger partial charge in [-0.25, -0.2) is 4.79 Å². The normalized spacial score (nSPS) is 12.9.